The van der Waals surface area contributed by atoms with Gasteiger partial charge in [0.1, 0.15) is 6.04 Å². The van der Waals surface area contributed by atoms with E-state index < -0.39 is 6.04 Å². The van der Waals surface area contributed by atoms with E-state index in [0.29, 0.717) is 37.8 Å². The van der Waals surface area contributed by atoms with Gasteiger partial charge in [0.2, 0.25) is 17.7 Å². The van der Waals surface area contributed by atoms with E-state index in [1.54, 1.807) is 15.8 Å². The third-order valence-electron chi connectivity index (χ3n) is 6.48. The minimum Gasteiger partial charge on any atom is -0.351 e. The first-order valence-electron chi connectivity index (χ1n) is 10.2. The molecule has 0 unspecified atom stereocenters. The Kier molecular flexibility index (Phi) is 4.89. The van der Waals surface area contributed by atoms with Gasteiger partial charge in [-0.05, 0) is 36.7 Å². The number of nitrogens with zero attached hydrogens (tertiary/aromatic N) is 3. The zero-order valence-electron chi connectivity index (χ0n) is 16.6. The van der Waals surface area contributed by atoms with E-state index in [1.165, 1.54) is 12.8 Å². The summed E-state index contributed by atoms with van der Waals surface area (Å²) in [7, 11) is 1.86. The van der Waals surface area contributed by atoms with Gasteiger partial charge in [-0.1, -0.05) is 6.92 Å². The Hall–Kier alpha value is -2.38. The normalized spacial score (nSPS) is 28.3. The van der Waals surface area contributed by atoms with Gasteiger partial charge in [0.05, 0.1) is 12.2 Å². The van der Waals surface area contributed by atoms with Gasteiger partial charge in [-0.2, -0.15) is 5.10 Å². The fraction of sp³-hybridized carbons (Fsp3) is 0.700. The summed E-state index contributed by atoms with van der Waals surface area (Å²) >= 11 is 0. The lowest BCUT2D eigenvalue weighted by Gasteiger charge is -2.20. The van der Waals surface area contributed by atoms with Crippen LogP contribution in [0.4, 0.5) is 0 Å². The molecule has 8 heteroatoms. The van der Waals surface area contributed by atoms with Gasteiger partial charge in [-0.3, -0.25) is 19.1 Å². The number of aryl methyl sites for hydroxylation is 1. The van der Waals surface area contributed by atoms with Gasteiger partial charge in [-0.25, -0.2) is 0 Å². The van der Waals surface area contributed by atoms with E-state index in [0.717, 1.165) is 12.0 Å². The van der Waals surface area contributed by atoms with Crippen molar-refractivity contribution in [1.29, 1.82) is 0 Å². The van der Waals surface area contributed by atoms with Crippen LogP contribution >= 0.6 is 0 Å². The lowest BCUT2D eigenvalue weighted by atomic mass is 9.96. The summed E-state index contributed by atoms with van der Waals surface area (Å²) in [5.74, 6) is -0.0625. The van der Waals surface area contributed by atoms with Gasteiger partial charge in [0.25, 0.3) is 0 Å². The summed E-state index contributed by atoms with van der Waals surface area (Å²) in [6.07, 6.45) is 8.55. The predicted octanol–water partition coefficient (Wildman–Crippen LogP) is 0.690. The molecule has 2 N–H and O–H groups in total. The second-order valence-corrected chi connectivity index (χ2v) is 8.94. The summed E-state index contributed by atoms with van der Waals surface area (Å²) in [6.45, 7) is 3.22. The Morgan fingerprint density at radius 2 is 2.14 bits per heavy atom. The topological polar surface area (TPSA) is 96.3 Å². The molecule has 0 bridgehead atoms. The first-order valence-corrected chi connectivity index (χ1v) is 10.2. The molecule has 1 aliphatic carbocycles. The van der Waals surface area contributed by atoms with Gasteiger partial charge < -0.3 is 15.5 Å². The van der Waals surface area contributed by atoms with E-state index in [2.05, 4.69) is 22.7 Å². The van der Waals surface area contributed by atoms with Crippen molar-refractivity contribution in [2.24, 2.45) is 12.5 Å². The molecule has 3 fully saturated rings. The molecule has 3 aliphatic rings. The zero-order valence-corrected chi connectivity index (χ0v) is 16.6. The fourth-order valence-electron chi connectivity index (χ4n) is 4.28. The molecule has 1 aromatic rings. The quantitative estimate of drug-likeness (QED) is 0.751. The van der Waals surface area contributed by atoms with Crippen molar-refractivity contribution in [3.63, 3.8) is 0 Å². The first kappa shape index (κ1) is 19.0. The monoisotopic (exact) mass is 387 g/mol. The van der Waals surface area contributed by atoms with Crippen LogP contribution in [0.5, 0.6) is 0 Å². The molecule has 3 heterocycles. The third kappa shape index (κ3) is 4.05. The lowest BCUT2D eigenvalue weighted by molar-refractivity contribution is -0.133. The number of nitrogens with one attached hydrogen (secondary N) is 2. The van der Waals surface area contributed by atoms with Crippen LogP contribution in [-0.4, -0.2) is 57.6 Å². The van der Waals surface area contributed by atoms with Crippen LogP contribution in [0.15, 0.2) is 12.4 Å². The van der Waals surface area contributed by atoms with Crippen LogP contribution in [0.3, 0.4) is 0 Å². The molecule has 4 rings (SSSR count). The molecule has 0 spiro atoms. The van der Waals surface area contributed by atoms with Crippen molar-refractivity contribution in [2.45, 2.75) is 63.5 Å². The van der Waals surface area contributed by atoms with E-state index in [1.807, 2.05) is 13.2 Å². The number of aromatic nitrogens is 2. The minimum atomic E-state index is -0.439. The molecule has 1 aromatic heterocycles. The molecule has 8 nitrogen and oxygen atoms in total. The predicted molar refractivity (Wildman–Crippen MR) is 102 cm³/mol. The Balaban J connectivity index is 1.43. The Bertz CT molecular complexity index is 785. The van der Waals surface area contributed by atoms with E-state index >= 15 is 0 Å². The second kappa shape index (κ2) is 7.22. The van der Waals surface area contributed by atoms with E-state index in [4.69, 9.17) is 0 Å². The fourth-order valence-corrected chi connectivity index (χ4v) is 4.28. The number of rotatable bonds is 6. The molecule has 28 heavy (non-hydrogen) atoms. The zero-order chi connectivity index (χ0) is 19.9. The molecule has 3 atom stereocenters. The van der Waals surface area contributed by atoms with Crippen LogP contribution in [-0.2, 0) is 21.4 Å². The molecule has 2 aliphatic heterocycles. The molecular formula is C20H29N5O3. The number of hydrogen-bond acceptors (Lipinski definition) is 4. The minimum absolute atomic E-state index is 0.00946. The summed E-state index contributed by atoms with van der Waals surface area (Å²) < 4.78 is 1.74. The van der Waals surface area contributed by atoms with Crippen molar-refractivity contribution in [2.75, 3.05) is 13.1 Å². The van der Waals surface area contributed by atoms with E-state index in [9.17, 15) is 14.4 Å². The second-order valence-electron chi connectivity index (χ2n) is 8.94. The van der Waals surface area contributed by atoms with Crippen LogP contribution in [0.1, 0.15) is 56.9 Å². The van der Waals surface area contributed by atoms with Crippen LogP contribution in [0.2, 0.25) is 0 Å². The highest BCUT2D eigenvalue weighted by Gasteiger charge is 2.41. The molecule has 1 saturated carbocycles. The largest absolute Gasteiger partial charge is 0.351 e. The average Bonchev–Trinajstić information content (AvgIpc) is 3.02. The standard InChI is InChI=1S/C20H29N5O3/c1-20(7-8-20)6-5-18(27)23-16-12-25(19(28)15-3-4-17(26)22-15)11-14(16)13-9-21-24(2)10-13/h9-10,14-16H,3-8,11-12H2,1-2H3,(H,22,26)(H,23,27)/t14-,15-,16+/m0/s1. The maximum atomic E-state index is 12.8. The summed E-state index contributed by atoms with van der Waals surface area (Å²) in [4.78, 5) is 38.6. The number of hydrogen-bond donors (Lipinski definition) is 2. The first-order chi connectivity index (χ1) is 13.3. The lowest BCUT2D eigenvalue weighted by Crippen LogP contribution is -2.45. The smallest absolute Gasteiger partial charge is 0.245 e. The maximum Gasteiger partial charge on any atom is 0.245 e. The molecule has 152 valence electrons. The maximum absolute atomic E-state index is 12.8. The summed E-state index contributed by atoms with van der Waals surface area (Å²) in [6, 6.07) is -0.573. The molecule has 0 aromatic carbocycles. The highest BCUT2D eigenvalue weighted by molar-refractivity contribution is 5.91. The number of carbonyl (C=O) groups is 3. The highest BCUT2D eigenvalue weighted by atomic mass is 16.2. The number of carbonyl (C=O) groups excluding carboxylic acids is 3. The van der Waals surface area contributed by atoms with Crippen LogP contribution in [0.25, 0.3) is 0 Å². The van der Waals surface area contributed by atoms with Gasteiger partial charge >= 0.3 is 0 Å². The number of likely N-dealkylation sites (tertiary alicyclic amines) is 1. The molecule has 2 saturated heterocycles. The summed E-state index contributed by atoms with van der Waals surface area (Å²) in [5, 5.41) is 10.2. The third-order valence-corrected chi connectivity index (χ3v) is 6.48. The van der Waals surface area contributed by atoms with Crippen molar-refractivity contribution < 1.29 is 14.4 Å². The molecule has 3 amide bonds. The SMILES string of the molecule is Cn1cc([C@@H]2CN(C(=O)[C@@H]3CCC(=O)N3)C[C@H]2NC(=O)CCC2(C)CC2)cn1. The highest BCUT2D eigenvalue weighted by Crippen LogP contribution is 2.48. The average molecular weight is 387 g/mol. The van der Waals surface area contributed by atoms with Crippen LogP contribution < -0.4 is 10.6 Å². The van der Waals surface area contributed by atoms with Gasteiger partial charge in [0.15, 0.2) is 0 Å². The summed E-state index contributed by atoms with van der Waals surface area (Å²) in [5.41, 5.74) is 1.37. The van der Waals surface area contributed by atoms with E-state index in [-0.39, 0.29) is 29.7 Å². The van der Waals surface area contributed by atoms with Crippen LogP contribution in [0, 0.1) is 5.41 Å². The van der Waals surface area contributed by atoms with Crippen molar-refractivity contribution in [1.82, 2.24) is 25.3 Å². The molecule has 0 radical (unpaired) electrons. The Morgan fingerprint density at radius 1 is 1.36 bits per heavy atom. The molecular weight excluding hydrogens is 358 g/mol. The van der Waals surface area contributed by atoms with Crippen molar-refractivity contribution >= 4 is 17.7 Å². The van der Waals surface area contributed by atoms with Crippen molar-refractivity contribution in [3.05, 3.63) is 18.0 Å². The Morgan fingerprint density at radius 3 is 2.75 bits per heavy atom. The van der Waals surface area contributed by atoms with Gasteiger partial charge in [0, 0.05) is 45.1 Å². The number of amides is 3. The van der Waals surface area contributed by atoms with Crippen molar-refractivity contribution in [3.8, 4) is 0 Å². The Labute approximate surface area is 165 Å². The van der Waals surface area contributed by atoms with Gasteiger partial charge in [-0.15, -0.1) is 0 Å².